The zero-order chi connectivity index (χ0) is 17.0. The molecule has 2 rings (SSSR count). The highest BCUT2D eigenvalue weighted by Gasteiger charge is 2.29. The number of amides is 1. The highest BCUT2D eigenvalue weighted by Crippen LogP contribution is 2.24. The maximum absolute atomic E-state index is 11.9. The van der Waals surface area contributed by atoms with E-state index in [2.05, 4.69) is 10.6 Å². The number of hydrogen-bond acceptors (Lipinski definition) is 3. The monoisotopic (exact) mass is 358 g/mol. The molecular weight excluding hydrogens is 335 g/mol. The average Bonchev–Trinajstić information content (AvgIpc) is 2.85. The Kier molecular flexibility index (Phi) is 6.18. The predicted octanol–water partition coefficient (Wildman–Crippen LogP) is 4.53. The standard InChI is InChI=1S/C17H24Cl2N2O2/c1-17(2,3)23-16(22)21-15-6-4-5-14(15)20-10-11-7-8-12(18)13(19)9-11/h7-9,14-15,20H,4-6,10H2,1-3H3,(H,21,22). The Hall–Kier alpha value is -0.970. The van der Waals surface area contributed by atoms with Crippen molar-refractivity contribution in [2.24, 2.45) is 0 Å². The van der Waals surface area contributed by atoms with Crippen LogP contribution in [0.1, 0.15) is 45.6 Å². The maximum Gasteiger partial charge on any atom is 0.407 e. The van der Waals surface area contributed by atoms with Crippen LogP contribution >= 0.6 is 23.2 Å². The number of carbonyl (C=O) groups excluding carboxylic acids is 1. The number of carbonyl (C=O) groups is 1. The number of hydrogen-bond donors (Lipinski definition) is 2. The number of ether oxygens (including phenoxy) is 1. The van der Waals surface area contributed by atoms with Gasteiger partial charge in [0, 0.05) is 18.6 Å². The second kappa shape index (κ2) is 7.73. The summed E-state index contributed by atoms with van der Waals surface area (Å²) in [7, 11) is 0. The Morgan fingerprint density at radius 1 is 1.22 bits per heavy atom. The number of halogens is 2. The van der Waals surface area contributed by atoms with Crippen LogP contribution in [0.4, 0.5) is 4.79 Å². The highest BCUT2D eigenvalue weighted by molar-refractivity contribution is 6.42. The average molecular weight is 359 g/mol. The number of rotatable bonds is 4. The Labute approximate surface area is 147 Å². The topological polar surface area (TPSA) is 50.4 Å². The summed E-state index contributed by atoms with van der Waals surface area (Å²) >= 11 is 12.0. The van der Waals surface area contributed by atoms with Crippen molar-refractivity contribution in [2.45, 2.75) is 64.3 Å². The summed E-state index contributed by atoms with van der Waals surface area (Å²) in [5, 5.41) is 7.57. The molecule has 1 aliphatic carbocycles. The van der Waals surface area contributed by atoms with E-state index in [-0.39, 0.29) is 18.2 Å². The molecule has 23 heavy (non-hydrogen) atoms. The van der Waals surface area contributed by atoms with Gasteiger partial charge in [0.05, 0.1) is 10.0 Å². The van der Waals surface area contributed by atoms with E-state index in [9.17, 15) is 4.79 Å². The normalized spacial score (nSPS) is 21.3. The van der Waals surface area contributed by atoms with Crippen LogP contribution < -0.4 is 10.6 Å². The molecule has 2 unspecified atom stereocenters. The predicted molar refractivity (Wildman–Crippen MR) is 94.1 cm³/mol. The molecule has 2 N–H and O–H groups in total. The first-order valence-corrected chi connectivity index (χ1v) is 8.67. The minimum absolute atomic E-state index is 0.0904. The molecule has 128 valence electrons. The lowest BCUT2D eigenvalue weighted by Gasteiger charge is -2.25. The van der Waals surface area contributed by atoms with E-state index in [0.717, 1.165) is 24.8 Å². The maximum atomic E-state index is 11.9. The molecule has 1 saturated carbocycles. The van der Waals surface area contributed by atoms with Crippen molar-refractivity contribution in [3.63, 3.8) is 0 Å². The quantitative estimate of drug-likeness (QED) is 0.831. The fourth-order valence-electron chi connectivity index (χ4n) is 2.73. The van der Waals surface area contributed by atoms with Crippen LogP contribution in [0, 0.1) is 0 Å². The van der Waals surface area contributed by atoms with E-state index in [1.165, 1.54) is 0 Å². The van der Waals surface area contributed by atoms with Gasteiger partial charge in [0.2, 0.25) is 0 Å². The number of benzene rings is 1. The molecule has 1 aliphatic rings. The van der Waals surface area contributed by atoms with Gasteiger partial charge in [0.1, 0.15) is 5.60 Å². The summed E-state index contributed by atoms with van der Waals surface area (Å²) < 4.78 is 5.33. The molecule has 4 nitrogen and oxygen atoms in total. The van der Waals surface area contributed by atoms with Crippen molar-refractivity contribution in [3.05, 3.63) is 33.8 Å². The second-order valence-electron chi connectivity index (χ2n) is 6.92. The van der Waals surface area contributed by atoms with Gasteiger partial charge < -0.3 is 15.4 Å². The van der Waals surface area contributed by atoms with Gasteiger partial charge in [-0.3, -0.25) is 0 Å². The molecule has 1 fully saturated rings. The first kappa shape index (κ1) is 18.4. The first-order chi connectivity index (χ1) is 10.7. The van der Waals surface area contributed by atoms with Crippen LogP contribution in [-0.4, -0.2) is 23.8 Å². The van der Waals surface area contributed by atoms with Gasteiger partial charge in [-0.1, -0.05) is 29.3 Å². The van der Waals surface area contributed by atoms with Crippen molar-refractivity contribution in [1.29, 1.82) is 0 Å². The van der Waals surface area contributed by atoms with E-state index < -0.39 is 5.60 Å². The molecule has 1 amide bonds. The smallest absolute Gasteiger partial charge is 0.407 e. The second-order valence-corrected chi connectivity index (χ2v) is 7.73. The molecule has 0 saturated heterocycles. The lowest BCUT2D eigenvalue weighted by molar-refractivity contribution is 0.0498. The lowest BCUT2D eigenvalue weighted by Crippen LogP contribution is -2.47. The van der Waals surface area contributed by atoms with Crippen LogP contribution in [0.5, 0.6) is 0 Å². The summed E-state index contributed by atoms with van der Waals surface area (Å²) in [6.45, 7) is 6.28. The van der Waals surface area contributed by atoms with E-state index in [1.54, 1.807) is 6.07 Å². The van der Waals surface area contributed by atoms with Crippen LogP contribution in [0.15, 0.2) is 18.2 Å². The molecule has 0 aromatic heterocycles. The summed E-state index contributed by atoms with van der Waals surface area (Å²) in [5.41, 5.74) is 0.591. The molecule has 1 aromatic carbocycles. The zero-order valence-corrected chi connectivity index (χ0v) is 15.3. The van der Waals surface area contributed by atoms with Crippen molar-refractivity contribution >= 4 is 29.3 Å². The van der Waals surface area contributed by atoms with Crippen molar-refractivity contribution < 1.29 is 9.53 Å². The molecular formula is C17H24Cl2N2O2. The SMILES string of the molecule is CC(C)(C)OC(=O)NC1CCCC1NCc1ccc(Cl)c(Cl)c1. The Bertz CT molecular complexity index is 558. The fourth-order valence-corrected chi connectivity index (χ4v) is 3.06. The molecule has 2 atom stereocenters. The van der Waals surface area contributed by atoms with Crippen molar-refractivity contribution in [2.75, 3.05) is 0 Å². The number of alkyl carbamates (subject to hydrolysis) is 1. The molecule has 0 aliphatic heterocycles. The van der Waals surface area contributed by atoms with Crippen LogP contribution in [0.2, 0.25) is 10.0 Å². The van der Waals surface area contributed by atoms with Crippen LogP contribution in [0.25, 0.3) is 0 Å². The van der Waals surface area contributed by atoms with E-state index in [0.29, 0.717) is 16.6 Å². The third-order valence-electron chi connectivity index (χ3n) is 3.77. The van der Waals surface area contributed by atoms with E-state index in [4.69, 9.17) is 27.9 Å². The van der Waals surface area contributed by atoms with Gasteiger partial charge in [0.15, 0.2) is 0 Å². The summed E-state index contributed by atoms with van der Waals surface area (Å²) in [6, 6.07) is 5.94. The van der Waals surface area contributed by atoms with Gasteiger partial charge in [-0.2, -0.15) is 0 Å². The molecule has 6 heteroatoms. The molecule has 0 spiro atoms. The zero-order valence-electron chi connectivity index (χ0n) is 13.8. The highest BCUT2D eigenvalue weighted by atomic mass is 35.5. The van der Waals surface area contributed by atoms with Gasteiger partial charge in [0.25, 0.3) is 0 Å². The Morgan fingerprint density at radius 3 is 2.57 bits per heavy atom. The summed E-state index contributed by atoms with van der Waals surface area (Å²) in [4.78, 5) is 11.9. The first-order valence-electron chi connectivity index (χ1n) is 7.91. The molecule has 1 aromatic rings. The minimum atomic E-state index is -0.480. The van der Waals surface area contributed by atoms with Crippen molar-refractivity contribution in [1.82, 2.24) is 10.6 Å². The van der Waals surface area contributed by atoms with Crippen LogP contribution in [0.3, 0.4) is 0 Å². The van der Waals surface area contributed by atoms with E-state index >= 15 is 0 Å². The van der Waals surface area contributed by atoms with Crippen molar-refractivity contribution in [3.8, 4) is 0 Å². The largest absolute Gasteiger partial charge is 0.444 e. The van der Waals surface area contributed by atoms with Crippen LogP contribution in [-0.2, 0) is 11.3 Å². The third-order valence-corrected chi connectivity index (χ3v) is 4.51. The van der Waals surface area contributed by atoms with E-state index in [1.807, 2.05) is 32.9 Å². The summed E-state index contributed by atoms with van der Waals surface area (Å²) in [5.74, 6) is 0. The minimum Gasteiger partial charge on any atom is -0.444 e. The van der Waals surface area contributed by atoms with Gasteiger partial charge in [-0.25, -0.2) is 4.79 Å². The van der Waals surface area contributed by atoms with Gasteiger partial charge >= 0.3 is 6.09 Å². The summed E-state index contributed by atoms with van der Waals surface area (Å²) in [6.07, 6.45) is 2.71. The third kappa shape index (κ3) is 5.87. The molecule has 0 heterocycles. The number of nitrogens with one attached hydrogen (secondary N) is 2. The molecule has 0 bridgehead atoms. The lowest BCUT2D eigenvalue weighted by atomic mass is 10.1. The Balaban J connectivity index is 1.86. The fraction of sp³-hybridized carbons (Fsp3) is 0.588. The molecule has 0 radical (unpaired) electrons. The van der Waals surface area contributed by atoms with Gasteiger partial charge in [-0.05, 0) is 57.7 Å². The Morgan fingerprint density at radius 2 is 1.91 bits per heavy atom. The van der Waals surface area contributed by atoms with Gasteiger partial charge in [-0.15, -0.1) is 0 Å².